The molecule has 2 aromatic heterocycles. The van der Waals surface area contributed by atoms with Crippen LogP contribution in [0.4, 0.5) is 11.5 Å². The van der Waals surface area contributed by atoms with E-state index in [2.05, 4.69) is 21.4 Å². The first kappa shape index (κ1) is 16.5. The summed E-state index contributed by atoms with van der Waals surface area (Å²) < 4.78 is 5.33. The average Bonchev–Trinajstić information content (AvgIpc) is 2.74. The molecule has 0 amide bonds. The quantitative estimate of drug-likeness (QED) is 0.588. The molecule has 2 aromatic carbocycles. The van der Waals surface area contributed by atoms with Crippen LogP contribution in [0, 0.1) is 11.3 Å². The zero-order valence-corrected chi connectivity index (χ0v) is 14.5. The van der Waals surface area contributed by atoms with Crippen LogP contribution < -0.4 is 10.1 Å². The molecule has 0 aliphatic carbocycles. The lowest BCUT2D eigenvalue weighted by Crippen LogP contribution is -2.00. The minimum absolute atomic E-state index is 0.558. The topological polar surface area (TPSA) is 83.7 Å². The van der Waals surface area contributed by atoms with Gasteiger partial charge in [0.2, 0.25) is 0 Å². The van der Waals surface area contributed by atoms with Crippen molar-refractivity contribution in [3.63, 3.8) is 0 Å². The second-order valence-electron chi connectivity index (χ2n) is 5.84. The molecular weight excluding hydrogens is 338 g/mol. The van der Waals surface area contributed by atoms with E-state index in [4.69, 9.17) is 15.0 Å². The maximum atomic E-state index is 9.13. The first-order valence-electron chi connectivity index (χ1n) is 8.30. The molecule has 0 atom stereocenters. The van der Waals surface area contributed by atoms with Crippen molar-refractivity contribution in [2.75, 3.05) is 12.4 Å². The maximum Gasteiger partial charge on any atom is 0.163 e. The molecule has 0 saturated carbocycles. The summed E-state index contributed by atoms with van der Waals surface area (Å²) in [6, 6.07) is 18.8. The number of ether oxygens (including phenoxy) is 1. The van der Waals surface area contributed by atoms with Crippen molar-refractivity contribution in [1.82, 2.24) is 15.0 Å². The van der Waals surface area contributed by atoms with Crippen LogP contribution in [0.25, 0.3) is 22.3 Å². The lowest BCUT2D eigenvalue weighted by atomic mass is 10.2. The monoisotopic (exact) mass is 353 g/mol. The van der Waals surface area contributed by atoms with Crippen molar-refractivity contribution in [2.24, 2.45) is 0 Å². The minimum Gasteiger partial charge on any atom is -0.497 e. The zero-order valence-electron chi connectivity index (χ0n) is 14.5. The Balaban J connectivity index is 1.87. The maximum absolute atomic E-state index is 9.13. The number of hydrogen-bond acceptors (Lipinski definition) is 6. The van der Waals surface area contributed by atoms with Gasteiger partial charge in [0.25, 0.3) is 0 Å². The Bertz CT molecular complexity index is 1150. The van der Waals surface area contributed by atoms with Crippen LogP contribution in [0.5, 0.6) is 5.75 Å². The molecule has 6 heteroatoms. The van der Waals surface area contributed by atoms with Gasteiger partial charge in [0.15, 0.2) is 5.82 Å². The normalized spacial score (nSPS) is 10.4. The first-order valence-corrected chi connectivity index (χ1v) is 8.30. The van der Waals surface area contributed by atoms with Crippen molar-refractivity contribution in [3.8, 4) is 23.2 Å². The van der Waals surface area contributed by atoms with Gasteiger partial charge in [-0.1, -0.05) is 6.07 Å². The summed E-state index contributed by atoms with van der Waals surface area (Å²) in [5, 5.41) is 13.3. The van der Waals surface area contributed by atoms with Crippen molar-refractivity contribution in [1.29, 1.82) is 5.26 Å². The standard InChI is InChI=1S/C21H15N5O/c1-27-17-7-8-18-19(11-17)25-20(15-5-3-9-23-13-15)26-21(18)24-16-6-2-4-14(10-16)12-22/h2-11,13H,1H3,(H,24,25,26). The predicted octanol–water partition coefficient (Wildman–Crippen LogP) is 4.32. The van der Waals surface area contributed by atoms with E-state index in [-0.39, 0.29) is 0 Å². The van der Waals surface area contributed by atoms with Crippen LogP contribution >= 0.6 is 0 Å². The lowest BCUT2D eigenvalue weighted by Gasteiger charge is -2.12. The van der Waals surface area contributed by atoms with Gasteiger partial charge in [-0.3, -0.25) is 4.98 Å². The molecule has 130 valence electrons. The fourth-order valence-corrected chi connectivity index (χ4v) is 2.76. The van der Waals surface area contributed by atoms with Gasteiger partial charge in [0.1, 0.15) is 11.6 Å². The van der Waals surface area contributed by atoms with Crippen LogP contribution in [0.2, 0.25) is 0 Å². The highest BCUT2D eigenvalue weighted by molar-refractivity contribution is 5.93. The fraction of sp³-hybridized carbons (Fsp3) is 0.0476. The third kappa shape index (κ3) is 3.39. The van der Waals surface area contributed by atoms with Gasteiger partial charge in [-0.15, -0.1) is 0 Å². The molecule has 0 unspecified atom stereocenters. The van der Waals surface area contributed by atoms with Gasteiger partial charge < -0.3 is 10.1 Å². The molecule has 2 heterocycles. The molecule has 0 aliphatic heterocycles. The number of rotatable bonds is 4. The predicted molar refractivity (Wildman–Crippen MR) is 104 cm³/mol. The number of nitrogens with zero attached hydrogens (tertiary/aromatic N) is 4. The van der Waals surface area contributed by atoms with E-state index < -0.39 is 0 Å². The Morgan fingerprint density at radius 1 is 1.04 bits per heavy atom. The van der Waals surface area contributed by atoms with Crippen LogP contribution in [0.1, 0.15) is 5.56 Å². The van der Waals surface area contributed by atoms with Crippen molar-refractivity contribution < 1.29 is 4.74 Å². The van der Waals surface area contributed by atoms with Crippen LogP contribution in [-0.4, -0.2) is 22.1 Å². The van der Waals surface area contributed by atoms with E-state index in [0.717, 1.165) is 27.9 Å². The number of fused-ring (bicyclic) bond motifs is 1. The Morgan fingerprint density at radius 3 is 2.74 bits per heavy atom. The van der Waals surface area contributed by atoms with Crippen molar-refractivity contribution in [2.45, 2.75) is 0 Å². The molecule has 0 fully saturated rings. The lowest BCUT2D eigenvalue weighted by molar-refractivity contribution is 0.415. The van der Waals surface area contributed by atoms with Crippen LogP contribution in [0.15, 0.2) is 67.0 Å². The number of benzene rings is 2. The third-order valence-electron chi connectivity index (χ3n) is 4.08. The summed E-state index contributed by atoms with van der Waals surface area (Å²) in [7, 11) is 1.62. The second kappa shape index (κ2) is 7.10. The molecule has 0 spiro atoms. The molecule has 0 aliphatic rings. The Labute approximate surface area is 156 Å². The summed E-state index contributed by atoms with van der Waals surface area (Å²) in [6.07, 6.45) is 3.43. The summed E-state index contributed by atoms with van der Waals surface area (Å²) in [6.45, 7) is 0. The summed E-state index contributed by atoms with van der Waals surface area (Å²) in [4.78, 5) is 13.5. The molecule has 0 saturated heterocycles. The SMILES string of the molecule is COc1ccc2c(Nc3cccc(C#N)c3)nc(-c3cccnc3)nc2c1. The Morgan fingerprint density at radius 2 is 1.96 bits per heavy atom. The minimum atomic E-state index is 0.558. The van der Waals surface area contributed by atoms with Crippen LogP contribution in [0.3, 0.4) is 0 Å². The number of anilines is 2. The average molecular weight is 353 g/mol. The zero-order chi connectivity index (χ0) is 18.6. The second-order valence-corrected chi connectivity index (χ2v) is 5.84. The third-order valence-corrected chi connectivity index (χ3v) is 4.08. The van der Waals surface area contributed by atoms with E-state index in [1.54, 1.807) is 31.6 Å². The fourth-order valence-electron chi connectivity index (χ4n) is 2.76. The molecule has 4 rings (SSSR count). The molecule has 27 heavy (non-hydrogen) atoms. The first-order chi connectivity index (χ1) is 13.3. The number of nitrogens with one attached hydrogen (secondary N) is 1. The Hall–Kier alpha value is -3.98. The van der Waals surface area contributed by atoms with Crippen LogP contribution in [-0.2, 0) is 0 Å². The van der Waals surface area contributed by atoms with E-state index >= 15 is 0 Å². The van der Waals surface area contributed by atoms with E-state index in [1.165, 1.54) is 0 Å². The highest BCUT2D eigenvalue weighted by Gasteiger charge is 2.11. The van der Waals surface area contributed by atoms with E-state index in [1.807, 2.05) is 42.5 Å². The van der Waals surface area contributed by atoms with Gasteiger partial charge in [0.05, 0.1) is 24.3 Å². The van der Waals surface area contributed by atoms with Gasteiger partial charge in [0, 0.05) is 35.1 Å². The summed E-state index contributed by atoms with van der Waals surface area (Å²) in [5.41, 5.74) is 2.92. The number of aromatic nitrogens is 3. The molecular formula is C21H15N5O. The Kier molecular flexibility index (Phi) is 4.33. The summed E-state index contributed by atoms with van der Waals surface area (Å²) in [5.74, 6) is 1.93. The molecule has 0 radical (unpaired) electrons. The van der Waals surface area contributed by atoms with Gasteiger partial charge >= 0.3 is 0 Å². The number of pyridine rings is 1. The van der Waals surface area contributed by atoms with E-state index in [0.29, 0.717) is 17.2 Å². The molecule has 1 N–H and O–H groups in total. The molecule has 4 aromatic rings. The summed E-state index contributed by atoms with van der Waals surface area (Å²) >= 11 is 0. The molecule has 0 bridgehead atoms. The van der Waals surface area contributed by atoms with E-state index in [9.17, 15) is 0 Å². The van der Waals surface area contributed by atoms with Gasteiger partial charge in [-0.25, -0.2) is 9.97 Å². The van der Waals surface area contributed by atoms with Gasteiger partial charge in [-0.2, -0.15) is 5.26 Å². The highest BCUT2D eigenvalue weighted by atomic mass is 16.5. The van der Waals surface area contributed by atoms with Crippen molar-refractivity contribution in [3.05, 3.63) is 72.6 Å². The van der Waals surface area contributed by atoms with Gasteiger partial charge in [-0.05, 0) is 42.5 Å². The molecule has 6 nitrogen and oxygen atoms in total. The number of hydrogen-bond donors (Lipinski definition) is 1. The number of nitriles is 1. The highest BCUT2D eigenvalue weighted by Crippen LogP contribution is 2.29. The van der Waals surface area contributed by atoms with Crippen molar-refractivity contribution >= 4 is 22.4 Å². The smallest absolute Gasteiger partial charge is 0.163 e. The number of methoxy groups -OCH3 is 1. The largest absolute Gasteiger partial charge is 0.497 e.